The summed E-state index contributed by atoms with van der Waals surface area (Å²) >= 11 is 0. The Morgan fingerprint density at radius 3 is 2.21 bits per heavy atom. The van der Waals surface area contributed by atoms with E-state index < -0.39 is 9.84 Å². The number of nitrogens with one attached hydrogen (secondary N) is 1. The van der Waals surface area contributed by atoms with Gasteiger partial charge in [-0.1, -0.05) is 54.6 Å². The Morgan fingerprint density at radius 2 is 1.55 bits per heavy atom. The predicted octanol–water partition coefficient (Wildman–Crippen LogP) is 3.90. The van der Waals surface area contributed by atoms with E-state index in [4.69, 9.17) is 0 Å². The second kappa shape index (κ2) is 8.92. The van der Waals surface area contributed by atoms with E-state index in [1.54, 1.807) is 54.4 Å². The first kappa shape index (κ1) is 20.6. The predicted molar refractivity (Wildman–Crippen MR) is 114 cm³/mol. The molecular weight excluding hydrogens is 384 g/mol. The standard InChI is InChI=1S/C23H24N2O3S/c1-18-13-14-21(22(15-18)29(27,28)20-11-7-4-8-12-20)24-16-23(26)25(2)17-19-9-5-3-6-10-19/h3-15,24H,16-17H2,1-2H3. The Balaban J connectivity index is 1.77. The van der Waals surface area contributed by atoms with Gasteiger partial charge in [-0.3, -0.25) is 4.79 Å². The average molecular weight is 409 g/mol. The maximum Gasteiger partial charge on any atom is 0.241 e. The zero-order valence-electron chi connectivity index (χ0n) is 16.5. The minimum Gasteiger partial charge on any atom is -0.375 e. The van der Waals surface area contributed by atoms with Crippen molar-refractivity contribution in [2.24, 2.45) is 0 Å². The monoisotopic (exact) mass is 408 g/mol. The third kappa shape index (κ3) is 5.03. The second-order valence-corrected chi connectivity index (χ2v) is 8.82. The zero-order valence-corrected chi connectivity index (χ0v) is 17.3. The Bertz CT molecular complexity index is 1080. The first-order valence-corrected chi connectivity index (χ1v) is 10.8. The quantitative estimate of drug-likeness (QED) is 0.644. The van der Waals surface area contributed by atoms with Crippen LogP contribution in [0.15, 0.2) is 88.7 Å². The number of amides is 1. The lowest BCUT2D eigenvalue weighted by molar-refractivity contribution is -0.128. The summed E-state index contributed by atoms with van der Waals surface area (Å²) < 4.78 is 26.2. The van der Waals surface area contributed by atoms with Crippen LogP contribution in [0.3, 0.4) is 0 Å². The van der Waals surface area contributed by atoms with Gasteiger partial charge in [-0.15, -0.1) is 0 Å². The van der Waals surface area contributed by atoms with E-state index in [1.807, 2.05) is 43.3 Å². The third-order valence-electron chi connectivity index (χ3n) is 4.60. The molecule has 0 saturated heterocycles. The number of sulfone groups is 1. The van der Waals surface area contributed by atoms with E-state index in [2.05, 4.69) is 5.32 Å². The van der Waals surface area contributed by atoms with E-state index in [0.717, 1.165) is 11.1 Å². The summed E-state index contributed by atoms with van der Waals surface area (Å²) in [5.74, 6) is -0.127. The molecule has 1 N–H and O–H groups in total. The molecule has 150 valence electrons. The number of benzene rings is 3. The highest BCUT2D eigenvalue weighted by atomic mass is 32.2. The molecular formula is C23H24N2O3S. The van der Waals surface area contributed by atoms with Gasteiger partial charge in [-0.05, 0) is 42.3 Å². The van der Waals surface area contributed by atoms with Gasteiger partial charge in [0, 0.05) is 13.6 Å². The summed E-state index contributed by atoms with van der Waals surface area (Å²) in [6.07, 6.45) is 0. The van der Waals surface area contributed by atoms with Crippen molar-refractivity contribution in [2.75, 3.05) is 18.9 Å². The Labute approximate surface area is 171 Å². The van der Waals surface area contributed by atoms with Gasteiger partial charge in [0.25, 0.3) is 0 Å². The molecule has 0 unspecified atom stereocenters. The topological polar surface area (TPSA) is 66.5 Å². The number of hydrogen-bond acceptors (Lipinski definition) is 4. The minimum atomic E-state index is -3.70. The zero-order chi connectivity index (χ0) is 20.9. The lowest BCUT2D eigenvalue weighted by atomic mass is 10.2. The van der Waals surface area contributed by atoms with Crippen LogP contribution < -0.4 is 5.32 Å². The van der Waals surface area contributed by atoms with Crippen molar-refractivity contribution in [1.29, 1.82) is 0 Å². The molecule has 0 aliphatic rings. The number of carbonyl (C=O) groups is 1. The fourth-order valence-corrected chi connectivity index (χ4v) is 4.52. The number of carbonyl (C=O) groups excluding carboxylic acids is 1. The number of nitrogens with zero attached hydrogens (tertiary/aromatic N) is 1. The molecule has 0 aliphatic carbocycles. The van der Waals surface area contributed by atoms with E-state index in [-0.39, 0.29) is 22.2 Å². The van der Waals surface area contributed by atoms with Crippen LogP contribution in [0.1, 0.15) is 11.1 Å². The molecule has 0 bridgehead atoms. The first-order valence-electron chi connectivity index (χ1n) is 9.30. The van der Waals surface area contributed by atoms with Crippen LogP contribution in [-0.4, -0.2) is 32.8 Å². The molecule has 3 rings (SSSR count). The lowest BCUT2D eigenvalue weighted by Crippen LogP contribution is -2.32. The van der Waals surface area contributed by atoms with Gasteiger partial charge in [0.1, 0.15) is 0 Å². The Hall–Kier alpha value is -3.12. The maximum atomic E-state index is 13.1. The van der Waals surface area contributed by atoms with Crippen LogP contribution in [0.4, 0.5) is 5.69 Å². The van der Waals surface area contributed by atoms with Crippen LogP contribution in [0.25, 0.3) is 0 Å². The highest BCUT2D eigenvalue weighted by Crippen LogP contribution is 2.28. The fourth-order valence-electron chi connectivity index (χ4n) is 2.98. The largest absolute Gasteiger partial charge is 0.375 e. The average Bonchev–Trinajstić information content (AvgIpc) is 2.74. The van der Waals surface area contributed by atoms with E-state index in [9.17, 15) is 13.2 Å². The fraction of sp³-hybridized carbons (Fsp3) is 0.174. The molecule has 3 aromatic carbocycles. The van der Waals surface area contributed by atoms with Gasteiger partial charge in [0.15, 0.2) is 0 Å². The molecule has 1 amide bonds. The van der Waals surface area contributed by atoms with Gasteiger partial charge < -0.3 is 10.2 Å². The Morgan fingerprint density at radius 1 is 0.931 bits per heavy atom. The van der Waals surface area contributed by atoms with Crippen molar-refractivity contribution in [3.8, 4) is 0 Å². The van der Waals surface area contributed by atoms with E-state index in [0.29, 0.717) is 12.2 Å². The third-order valence-corrected chi connectivity index (χ3v) is 6.41. The van der Waals surface area contributed by atoms with Gasteiger partial charge in [0.2, 0.25) is 15.7 Å². The SMILES string of the molecule is Cc1ccc(NCC(=O)N(C)Cc2ccccc2)c(S(=O)(=O)c2ccccc2)c1. The maximum absolute atomic E-state index is 13.1. The van der Waals surface area contributed by atoms with Gasteiger partial charge >= 0.3 is 0 Å². The summed E-state index contributed by atoms with van der Waals surface area (Å²) in [7, 11) is -1.97. The molecule has 0 heterocycles. The smallest absolute Gasteiger partial charge is 0.241 e. The van der Waals surface area contributed by atoms with Crippen molar-refractivity contribution in [3.05, 3.63) is 90.0 Å². The molecule has 3 aromatic rings. The highest BCUT2D eigenvalue weighted by molar-refractivity contribution is 7.91. The number of hydrogen-bond donors (Lipinski definition) is 1. The number of aryl methyl sites for hydroxylation is 1. The molecule has 0 atom stereocenters. The van der Waals surface area contributed by atoms with E-state index in [1.165, 1.54) is 0 Å². The van der Waals surface area contributed by atoms with Crippen molar-refractivity contribution in [2.45, 2.75) is 23.3 Å². The van der Waals surface area contributed by atoms with Crippen molar-refractivity contribution in [1.82, 2.24) is 4.90 Å². The molecule has 0 spiro atoms. The molecule has 0 aromatic heterocycles. The summed E-state index contributed by atoms with van der Waals surface area (Å²) in [5.41, 5.74) is 2.28. The molecule has 6 heteroatoms. The number of rotatable bonds is 7. The minimum absolute atomic E-state index is 0.00367. The number of anilines is 1. The second-order valence-electron chi connectivity index (χ2n) is 6.91. The molecule has 0 radical (unpaired) electrons. The van der Waals surface area contributed by atoms with E-state index >= 15 is 0 Å². The summed E-state index contributed by atoms with van der Waals surface area (Å²) in [4.78, 5) is 14.5. The van der Waals surface area contributed by atoms with Gasteiger partial charge in [-0.2, -0.15) is 0 Å². The van der Waals surface area contributed by atoms with Crippen LogP contribution in [0.5, 0.6) is 0 Å². The first-order chi connectivity index (χ1) is 13.9. The molecule has 5 nitrogen and oxygen atoms in total. The van der Waals surface area contributed by atoms with Crippen molar-refractivity contribution in [3.63, 3.8) is 0 Å². The number of likely N-dealkylation sites (N-methyl/N-ethyl adjacent to an activating group) is 1. The van der Waals surface area contributed by atoms with Crippen molar-refractivity contribution < 1.29 is 13.2 Å². The summed E-state index contributed by atoms with van der Waals surface area (Å²) in [6.45, 7) is 2.33. The molecule has 29 heavy (non-hydrogen) atoms. The molecule has 0 fully saturated rings. The summed E-state index contributed by atoms with van der Waals surface area (Å²) in [5, 5.41) is 3.01. The van der Waals surface area contributed by atoms with Crippen LogP contribution in [0.2, 0.25) is 0 Å². The molecule has 0 saturated carbocycles. The van der Waals surface area contributed by atoms with Gasteiger partial charge in [0.05, 0.1) is 22.0 Å². The van der Waals surface area contributed by atoms with Crippen LogP contribution >= 0.6 is 0 Å². The molecule has 0 aliphatic heterocycles. The van der Waals surface area contributed by atoms with Crippen LogP contribution in [0, 0.1) is 6.92 Å². The van der Waals surface area contributed by atoms with Gasteiger partial charge in [-0.25, -0.2) is 8.42 Å². The van der Waals surface area contributed by atoms with Crippen LogP contribution in [-0.2, 0) is 21.2 Å². The summed E-state index contributed by atoms with van der Waals surface area (Å²) in [6, 6.07) is 23.2. The lowest BCUT2D eigenvalue weighted by Gasteiger charge is -2.19. The highest BCUT2D eigenvalue weighted by Gasteiger charge is 2.22. The Kier molecular flexibility index (Phi) is 6.34. The normalized spacial score (nSPS) is 11.1. The van der Waals surface area contributed by atoms with Crippen molar-refractivity contribution >= 4 is 21.4 Å².